The Hall–Kier alpha value is -1.92. The number of aryl methyl sites for hydroxylation is 1. The predicted molar refractivity (Wildman–Crippen MR) is 136 cm³/mol. The standard InChI is InChI=1S/C22H26ClN5O3S3/c1-13-5-6-15(11-16(13)23)34(30,31)28-9-7-14(8-10-28)19-24-17(12-32-19)18(29)25-21-27-26-20(33-21)22(2,3)4/h5-6,11-12,14H,7-10H2,1-4H3,(H,25,27,29). The van der Waals surface area contributed by atoms with Gasteiger partial charge in [-0.15, -0.1) is 21.5 Å². The molecule has 1 fully saturated rings. The Balaban J connectivity index is 1.38. The molecular weight excluding hydrogens is 514 g/mol. The van der Waals surface area contributed by atoms with E-state index < -0.39 is 10.0 Å². The summed E-state index contributed by atoms with van der Waals surface area (Å²) in [4.78, 5) is 17.4. The van der Waals surface area contributed by atoms with Crippen molar-refractivity contribution in [1.29, 1.82) is 0 Å². The second-order valence-corrected chi connectivity index (χ2v) is 13.5. The zero-order valence-electron chi connectivity index (χ0n) is 19.3. The summed E-state index contributed by atoms with van der Waals surface area (Å²) in [5.41, 5.74) is 1.03. The molecule has 2 aromatic heterocycles. The normalized spacial score (nSPS) is 16.0. The van der Waals surface area contributed by atoms with Crippen LogP contribution >= 0.6 is 34.3 Å². The maximum Gasteiger partial charge on any atom is 0.276 e. The van der Waals surface area contributed by atoms with Crippen molar-refractivity contribution in [2.45, 2.75) is 56.8 Å². The summed E-state index contributed by atoms with van der Waals surface area (Å²) in [5, 5.41) is 15.3. The number of aromatic nitrogens is 3. The van der Waals surface area contributed by atoms with Gasteiger partial charge in [0.2, 0.25) is 15.2 Å². The summed E-state index contributed by atoms with van der Waals surface area (Å²) < 4.78 is 27.5. The molecule has 1 amide bonds. The molecule has 1 aliphatic heterocycles. The molecule has 34 heavy (non-hydrogen) atoms. The third kappa shape index (κ3) is 5.33. The van der Waals surface area contributed by atoms with Gasteiger partial charge in [-0.05, 0) is 37.5 Å². The SMILES string of the molecule is Cc1ccc(S(=O)(=O)N2CCC(c3nc(C(=O)Nc4nnc(C(C)(C)C)s4)cs3)CC2)cc1Cl. The molecule has 1 saturated heterocycles. The number of halogens is 1. The van der Waals surface area contributed by atoms with Crippen LogP contribution in [0.25, 0.3) is 0 Å². The maximum absolute atomic E-state index is 13.0. The number of piperidine rings is 1. The highest BCUT2D eigenvalue weighted by Crippen LogP contribution is 2.33. The van der Waals surface area contributed by atoms with E-state index in [4.69, 9.17) is 11.6 Å². The van der Waals surface area contributed by atoms with Gasteiger partial charge in [0.15, 0.2) is 0 Å². The molecule has 0 radical (unpaired) electrons. The molecule has 4 rings (SSSR count). The van der Waals surface area contributed by atoms with Crippen LogP contribution in [0.5, 0.6) is 0 Å². The topological polar surface area (TPSA) is 105 Å². The van der Waals surface area contributed by atoms with Gasteiger partial charge < -0.3 is 0 Å². The van der Waals surface area contributed by atoms with Crippen LogP contribution in [-0.4, -0.2) is 46.9 Å². The monoisotopic (exact) mass is 539 g/mol. The van der Waals surface area contributed by atoms with Gasteiger partial charge in [-0.25, -0.2) is 13.4 Å². The van der Waals surface area contributed by atoms with Gasteiger partial charge in [0.1, 0.15) is 10.7 Å². The summed E-state index contributed by atoms with van der Waals surface area (Å²) in [6.45, 7) is 8.73. The lowest BCUT2D eigenvalue weighted by Gasteiger charge is -2.30. The molecule has 182 valence electrons. The Bertz CT molecular complexity index is 1310. The Morgan fingerprint density at radius 2 is 1.91 bits per heavy atom. The lowest BCUT2D eigenvalue weighted by molar-refractivity contribution is 0.102. The van der Waals surface area contributed by atoms with E-state index in [1.165, 1.54) is 33.0 Å². The van der Waals surface area contributed by atoms with Crippen LogP contribution < -0.4 is 5.32 Å². The van der Waals surface area contributed by atoms with Crippen LogP contribution in [0.1, 0.15) is 65.6 Å². The number of sulfonamides is 1. The summed E-state index contributed by atoms with van der Waals surface area (Å²) in [7, 11) is -3.60. The number of nitrogens with one attached hydrogen (secondary N) is 1. The van der Waals surface area contributed by atoms with Crippen molar-refractivity contribution >= 4 is 55.3 Å². The average Bonchev–Trinajstić information content (AvgIpc) is 3.45. The van der Waals surface area contributed by atoms with Crippen molar-refractivity contribution in [3.05, 3.63) is 49.9 Å². The Kier molecular flexibility index (Phi) is 7.12. The lowest BCUT2D eigenvalue weighted by Crippen LogP contribution is -2.37. The van der Waals surface area contributed by atoms with Crippen LogP contribution in [-0.2, 0) is 15.4 Å². The molecule has 1 aliphatic rings. The molecule has 0 bridgehead atoms. The Morgan fingerprint density at radius 1 is 1.21 bits per heavy atom. The second-order valence-electron chi connectivity index (χ2n) is 9.28. The highest BCUT2D eigenvalue weighted by molar-refractivity contribution is 7.89. The molecule has 0 saturated carbocycles. The number of carbonyl (C=O) groups is 1. The van der Waals surface area contributed by atoms with Gasteiger partial charge in [-0.2, -0.15) is 4.31 Å². The number of amides is 1. The van der Waals surface area contributed by atoms with Gasteiger partial charge in [0, 0.05) is 34.8 Å². The summed E-state index contributed by atoms with van der Waals surface area (Å²) >= 11 is 8.91. The fraction of sp³-hybridized carbons (Fsp3) is 0.455. The quantitative estimate of drug-likeness (QED) is 0.485. The van der Waals surface area contributed by atoms with Crippen LogP contribution in [0, 0.1) is 6.92 Å². The average molecular weight is 540 g/mol. The number of anilines is 1. The van der Waals surface area contributed by atoms with E-state index in [-0.39, 0.29) is 22.1 Å². The predicted octanol–water partition coefficient (Wildman–Crippen LogP) is 5.07. The molecule has 0 aliphatic carbocycles. The highest BCUT2D eigenvalue weighted by atomic mass is 35.5. The number of hydrogen-bond acceptors (Lipinski definition) is 8. The van der Waals surface area contributed by atoms with Gasteiger partial charge in [-0.3, -0.25) is 10.1 Å². The van der Waals surface area contributed by atoms with Crippen molar-refractivity contribution in [1.82, 2.24) is 19.5 Å². The third-order valence-corrected chi connectivity index (χ3v) is 10.2. The zero-order valence-corrected chi connectivity index (χ0v) is 22.5. The molecule has 1 N–H and O–H groups in total. The first-order chi connectivity index (χ1) is 15.9. The van der Waals surface area contributed by atoms with Crippen LogP contribution in [0.3, 0.4) is 0 Å². The number of nitrogens with zero attached hydrogens (tertiary/aromatic N) is 4. The van der Waals surface area contributed by atoms with Gasteiger partial charge in [0.05, 0.1) is 9.90 Å². The van der Waals surface area contributed by atoms with Crippen molar-refractivity contribution < 1.29 is 13.2 Å². The summed E-state index contributed by atoms with van der Waals surface area (Å²) in [6, 6.07) is 4.82. The molecule has 0 atom stereocenters. The fourth-order valence-corrected chi connectivity index (χ4v) is 7.05. The minimum absolute atomic E-state index is 0.105. The van der Waals surface area contributed by atoms with E-state index in [0.717, 1.165) is 15.6 Å². The number of carbonyl (C=O) groups excluding carboxylic acids is 1. The third-order valence-electron chi connectivity index (χ3n) is 5.63. The molecule has 3 aromatic rings. The maximum atomic E-state index is 13.0. The van der Waals surface area contributed by atoms with Crippen molar-refractivity contribution in [3.63, 3.8) is 0 Å². The highest BCUT2D eigenvalue weighted by Gasteiger charge is 2.31. The number of hydrogen-bond donors (Lipinski definition) is 1. The fourth-order valence-electron chi connectivity index (χ4n) is 3.54. The van der Waals surface area contributed by atoms with Gasteiger partial charge in [-0.1, -0.05) is 49.8 Å². The summed E-state index contributed by atoms with van der Waals surface area (Å²) in [6.07, 6.45) is 1.28. The van der Waals surface area contributed by atoms with E-state index in [1.807, 2.05) is 27.7 Å². The van der Waals surface area contributed by atoms with E-state index in [0.29, 0.717) is 41.8 Å². The minimum atomic E-state index is -3.60. The first kappa shape index (κ1) is 25.2. The number of rotatable bonds is 5. The van der Waals surface area contributed by atoms with E-state index in [1.54, 1.807) is 17.5 Å². The lowest BCUT2D eigenvalue weighted by atomic mass is 9.98. The van der Waals surface area contributed by atoms with E-state index in [9.17, 15) is 13.2 Å². The molecule has 1 aromatic carbocycles. The van der Waals surface area contributed by atoms with Crippen LogP contribution in [0.2, 0.25) is 5.02 Å². The van der Waals surface area contributed by atoms with E-state index in [2.05, 4.69) is 20.5 Å². The number of benzene rings is 1. The van der Waals surface area contributed by atoms with Crippen LogP contribution in [0.4, 0.5) is 5.13 Å². The van der Waals surface area contributed by atoms with Gasteiger partial charge >= 0.3 is 0 Å². The van der Waals surface area contributed by atoms with Crippen molar-refractivity contribution in [2.75, 3.05) is 18.4 Å². The molecule has 0 unspecified atom stereocenters. The van der Waals surface area contributed by atoms with Gasteiger partial charge in [0.25, 0.3) is 5.91 Å². The van der Waals surface area contributed by atoms with E-state index >= 15 is 0 Å². The number of thiazole rings is 1. The summed E-state index contributed by atoms with van der Waals surface area (Å²) in [5.74, 6) is -0.219. The van der Waals surface area contributed by atoms with Crippen LogP contribution in [0.15, 0.2) is 28.5 Å². The smallest absolute Gasteiger partial charge is 0.276 e. The Morgan fingerprint density at radius 3 is 2.53 bits per heavy atom. The zero-order chi connectivity index (χ0) is 24.7. The molecule has 8 nitrogen and oxygen atoms in total. The molecule has 0 spiro atoms. The second kappa shape index (κ2) is 9.62. The largest absolute Gasteiger partial charge is 0.295 e. The molecular formula is C22H26ClN5O3S3. The van der Waals surface area contributed by atoms with Crippen molar-refractivity contribution in [2.24, 2.45) is 0 Å². The Labute approximate surface area is 212 Å². The molecule has 12 heteroatoms. The van der Waals surface area contributed by atoms with Crippen molar-refractivity contribution in [3.8, 4) is 0 Å². The minimum Gasteiger partial charge on any atom is -0.295 e. The molecule has 3 heterocycles. The first-order valence-corrected chi connectivity index (χ1v) is 14.3. The first-order valence-electron chi connectivity index (χ1n) is 10.8.